The van der Waals surface area contributed by atoms with E-state index in [4.69, 9.17) is 9.26 Å². The van der Waals surface area contributed by atoms with E-state index in [9.17, 15) is 14.0 Å². The molecule has 144 valence electrons. The third kappa shape index (κ3) is 4.79. The highest BCUT2D eigenvalue weighted by molar-refractivity contribution is 5.96. The first-order valence-electron chi connectivity index (χ1n) is 8.67. The fraction of sp³-hybridized carbons (Fsp3) is 0.200. The minimum absolute atomic E-state index is 0.128. The van der Waals surface area contributed by atoms with Crippen LogP contribution in [0.3, 0.4) is 0 Å². The molecule has 7 nitrogen and oxygen atoms in total. The minimum atomic E-state index is -0.711. The molecule has 28 heavy (non-hydrogen) atoms. The van der Waals surface area contributed by atoms with Crippen LogP contribution in [0.25, 0.3) is 11.4 Å². The number of carbonyl (C=O) groups is 2. The van der Waals surface area contributed by atoms with E-state index in [0.29, 0.717) is 5.82 Å². The lowest BCUT2D eigenvalue weighted by atomic mass is 10.1. The summed E-state index contributed by atoms with van der Waals surface area (Å²) in [7, 11) is 0. The van der Waals surface area contributed by atoms with E-state index < -0.39 is 24.2 Å². The Bertz CT molecular complexity index is 970. The van der Waals surface area contributed by atoms with E-state index >= 15 is 0 Å². The van der Waals surface area contributed by atoms with Gasteiger partial charge >= 0.3 is 5.97 Å². The highest BCUT2D eigenvalue weighted by atomic mass is 19.1. The van der Waals surface area contributed by atoms with Gasteiger partial charge in [-0.05, 0) is 24.1 Å². The number of amides is 1. The summed E-state index contributed by atoms with van der Waals surface area (Å²) >= 11 is 0. The molecule has 0 aliphatic heterocycles. The molecule has 0 unspecified atom stereocenters. The maximum atomic E-state index is 13.5. The van der Waals surface area contributed by atoms with Crippen molar-refractivity contribution >= 4 is 11.9 Å². The summed E-state index contributed by atoms with van der Waals surface area (Å²) in [4.78, 5) is 27.8. The fourth-order valence-corrected chi connectivity index (χ4v) is 2.41. The van der Waals surface area contributed by atoms with Crippen molar-refractivity contribution in [3.8, 4) is 11.4 Å². The number of hydrogen-bond donors (Lipinski definition) is 1. The van der Waals surface area contributed by atoms with E-state index in [1.54, 1.807) is 0 Å². The van der Waals surface area contributed by atoms with Crippen molar-refractivity contribution < 1.29 is 23.2 Å². The average Bonchev–Trinajstić information content (AvgIpc) is 3.20. The first-order valence-corrected chi connectivity index (χ1v) is 8.67. The second-order valence-electron chi connectivity index (χ2n) is 5.89. The van der Waals surface area contributed by atoms with Crippen LogP contribution >= 0.6 is 0 Å². The summed E-state index contributed by atoms with van der Waals surface area (Å²) in [6, 6.07) is 13.2. The monoisotopic (exact) mass is 383 g/mol. The molecule has 0 aliphatic carbocycles. The third-order valence-corrected chi connectivity index (χ3v) is 3.96. The van der Waals surface area contributed by atoms with Gasteiger partial charge in [-0.2, -0.15) is 4.98 Å². The Balaban J connectivity index is 1.49. The number of hydrogen-bond acceptors (Lipinski definition) is 6. The summed E-state index contributed by atoms with van der Waals surface area (Å²) in [6.45, 7) is 1.43. The molecule has 0 radical (unpaired) electrons. The number of benzene rings is 2. The number of rotatable bonds is 7. The minimum Gasteiger partial charge on any atom is -0.454 e. The SMILES string of the molecule is CCc1ccc(-c2noc(COC(=O)CNC(=O)c3ccccc3F)n2)cc1. The molecule has 3 rings (SSSR count). The molecule has 0 atom stereocenters. The van der Waals surface area contributed by atoms with Crippen LogP contribution in [0.4, 0.5) is 4.39 Å². The quantitative estimate of drug-likeness (QED) is 0.631. The summed E-state index contributed by atoms with van der Waals surface area (Å²) in [5.74, 6) is -1.56. The lowest BCUT2D eigenvalue weighted by Crippen LogP contribution is -2.31. The molecule has 0 bridgehead atoms. The Morgan fingerprint density at radius 1 is 1.14 bits per heavy atom. The van der Waals surface area contributed by atoms with Gasteiger partial charge < -0.3 is 14.6 Å². The Labute approximate surface area is 160 Å². The van der Waals surface area contributed by atoms with Crippen LogP contribution in [0.5, 0.6) is 0 Å². The predicted octanol–water partition coefficient (Wildman–Crippen LogP) is 2.91. The zero-order valence-electron chi connectivity index (χ0n) is 15.1. The zero-order valence-corrected chi connectivity index (χ0v) is 15.1. The first-order chi connectivity index (χ1) is 13.6. The number of esters is 1. The molecule has 3 aromatic rings. The standard InChI is InChI=1S/C20H18FN3O4/c1-2-13-7-9-14(10-8-13)19-23-17(28-24-19)12-27-18(25)11-22-20(26)15-5-3-4-6-16(15)21/h3-10H,2,11-12H2,1H3,(H,22,26). The van der Waals surface area contributed by atoms with Crippen LogP contribution in [0.1, 0.15) is 28.7 Å². The van der Waals surface area contributed by atoms with Crippen molar-refractivity contribution in [1.29, 1.82) is 0 Å². The van der Waals surface area contributed by atoms with Gasteiger partial charge in [-0.1, -0.05) is 48.5 Å². The van der Waals surface area contributed by atoms with Crippen molar-refractivity contribution in [3.05, 3.63) is 71.4 Å². The summed E-state index contributed by atoms with van der Waals surface area (Å²) < 4.78 is 23.6. The number of halogens is 1. The average molecular weight is 383 g/mol. The second-order valence-corrected chi connectivity index (χ2v) is 5.89. The van der Waals surface area contributed by atoms with Gasteiger partial charge in [-0.15, -0.1) is 0 Å². The van der Waals surface area contributed by atoms with Gasteiger partial charge in [0.1, 0.15) is 12.4 Å². The Morgan fingerprint density at radius 2 is 1.89 bits per heavy atom. The maximum Gasteiger partial charge on any atom is 0.325 e. The maximum absolute atomic E-state index is 13.5. The largest absolute Gasteiger partial charge is 0.454 e. The van der Waals surface area contributed by atoms with E-state index in [-0.39, 0.29) is 18.1 Å². The van der Waals surface area contributed by atoms with Gasteiger partial charge in [0.2, 0.25) is 5.82 Å². The number of nitrogens with zero attached hydrogens (tertiary/aromatic N) is 2. The van der Waals surface area contributed by atoms with Crippen LogP contribution in [0, 0.1) is 5.82 Å². The molecular formula is C20H18FN3O4. The molecule has 0 saturated heterocycles. The number of aryl methyl sites for hydroxylation is 1. The van der Waals surface area contributed by atoms with Gasteiger partial charge in [-0.25, -0.2) is 4.39 Å². The second kappa shape index (κ2) is 8.90. The predicted molar refractivity (Wildman–Crippen MR) is 97.6 cm³/mol. The van der Waals surface area contributed by atoms with Crippen LogP contribution in [0.15, 0.2) is 53.1 Å². The highest BCUT2D eigenvalue weighted by Crippen LogP contribution is 2.17. The molecule has 2 aromatic carbocycles. The molecule has 1 heterocycles. The molecule has 0 aliphatic rings. The third-order valence-electron chi connectivity index (χ3n) is 3.96. The molecule has 8 heteroatoms. The van der Waals surface area contributed by atoms with Crippen LogP contribution in [-0.4, -0.2) is 28.6 Å². The Hall–Kier alpha value is -3.55. The van der Waals surface area contributed by atoms with Gasteiger partial charge in [0.05, 0.1) is 5.56 Å². The van der Waals surface area contributed by atoms with E-state index in [0.717, 1.165) is 18.1 Å². The summed E-state index contributed by atoms with van der Waals surface area (Å²) in [5.41, 5.74) is 1.83. The lowest BCUT2D eigenvalue weighted by molar-refractivity contribution is -0.144. The molecule has 1 aromatic heterocycles. The van der Waals surface area contributed by atoms with Crippen LogP contribution in [-0.2, 0) is 22.6 Å². The normalized spacial score (nSPS) is 10.5. The van der Waals surface area contributed by atoms with E-state index in [1.165, 1.54) is 23.8 Å². The summed E-state index contributed by atoms with van der Waals surface area (Å²) in [5, 5.41) is 6.15. The molecule has 1 amide bonds. The Kier molecular flexibility index (Phi) is 6.11. The van der Waals surface area contributed by atoms with Crippen molar-refractivity contribution in [2.24, 2.45) is 0 Å². The Morgan fingerprint density at radius 3 is 2.61 bits per heavy atom. The van der Waals surface area contributed by atoms with E-state index in [2.05, 4.69) is 22.4 Å². The lowest BCUT2D eigenvalue weighted by Gasteiger charge is -2.05. The number of aromatic nitrogens is 2. The van der Waals surface area contributed by atoms with Crippen molar-refractivity contribution in [1.82, 2.24) is 15.5 Å². The highest BCUT2D eigenvalue weighted by Gasteiger charge is 2.14. The van der Waals surface area contributed by atoms with Gasteiger partial charge in [-0.3, -0.25) is 9.59 Å². The van der Waals surface area contributed by atoms with Gasteiger partial charge in [0.15, 0.2) is 6.61 Å². The first kappa shape index (κ1) is 19.2. The van der Waals surface area contributed by atoms with E-state index in [1.807, 2.05) is 24.3 Å². The van der Waals surface area contributed by atoms with Gasteiger partial charge in [0.25, 0.3) is 11.8 Å². The number of ether oxygens (including phenoxy) is 1. The van der Waals surface area contributed by atoms with Crippen LogP contribution < -0.4 is 5.32 Å². The van der Waals surface area contributed by atoms with Crippen molar-refractivity contribution in [2.45, 2.75) is 20.0 Å². The van der Waals surface area contributed by atoms with Crippen LogP contribution in [0.2, 0.25) is 0 Å². The fourth-order valence-electron chi connectivity index (χ4n) is 2.41. The number of nitrogens with one attached hydrogen (secondary N) is 1. The topological polar surface area (TPSA) is 94.3 Å². The van der Waals surface area contributed by atoms with Gasteiger partial charge in [0, 0.05) is 5.56 Å². The number of carbonyl (C=O) groups excluding carboxylic acids is 2. The summed E-state index contributed by atoms with van der Waals surface area (Å²) in [6.07, 6.45) is 0.932. The van der Waals surface area contributed by atoms with Crippen molar-refractivity contribution in [3.63, 3.8) is 0 Å². The smallest absolute Gasteiger partial charge is 0.325 e. The molecule has 0 fully saturated rings. The molecule has 0 spiro atoms. The molecular weight excluding hydrogens is 365 g/mol. The zero-order chi connectivity index (χ0) is 19.9. The molecule has 1 N–H and O–H groups in total. The van der Waals surface area contributed by atoms with Crippen molar-refractivity contribution in [2.75, 3.05) is 6.54 Å². The molecule has 0 saturated carbocycles.